The number of hydrogen-bond acceptors (Lipinski definition) is 6. The number of hydrogen-bond donors (Lipinski definition) is 0. The molecule has 2 aliphatic rings. The minimum Gasteiger partial charge on any atom is -1.00 e. The van der Waals surface area contributed by atoms with Crippen molar-refractivity contribution >= 4 is 49.3 Å². The van der Waals surface area contributed by atoms with E-state index < -0.39 is 0 Å². The van der Waals surface area contributed by atoms with Crippen LogP contribution in [0.3, 0.4) is 0 Å². The Morgan fingerprint density at radius 3 is 2.44 bits per heavy atom. The molecule has 3 aromatic carbocycles. The standard InChI is InChI=1S/C24H20N3O2S2.BrH/c1-14-4-10-18-20(12-14)30-23-25-24-27(19-11-9-17(29-3)13-21(19)31-24)22(26(18)23)15-5-7-16(28-2)8-6-15;/h4-13,22H,1-3H3;1H/q+1;/p-1. The molecule has 0 N–H and O–H groups in total. The van der Waals surface area contributed by atoms with Gasteiger partial charge in [0.25, 0.3) is 5.17 Å². The van der Waals surface area contributed by atoms with E-state index in [0.717, 1.165) is 32.4 Å². The van der Waals surface area contributed by atoms with Crippen molar-refractivity contribution < 1.29 is 31.0 Å². The molecule has 0 aliphatic carbocycles. The molecule has 0 saturated carbocycles. The number of halogens is 1. The number of methoxy groups -OCH3 is 2. The van der Waals surface area contributed by atoms with E-state index in [2.05, 4.69) is 58.9 Å². The van der Waals surface area contributed by atoms with Gasteiger partial charge in [-0.05, 0) is 95.2 Å². The van der Waals surface area contributed by atoms with Crippen LogP contribution in [0.2, 0.25) is 0 Å². The topological polar surface area (TPSA) is 37.9 Å². The monoisotopic (exact) mass is 525 g/mol. The Balaban J connectivity index is 0.00000216. The van der Waals surface area contributed by atoms with Crippen molar-refractivity contribution in [1.82, 2.24) is 0 Å². The van der Waals surface area contributed by atoms with E-state index in [-0.39, 0.29) is 23.1 Å². The third-order valence-corrected chi connectivity index (χ3v) is 7.75. The molecule has 0 bridgehead atoms. The second-order valence-electron chi connectivity index (χ2n) is 7.57. The molecular formula is C24H20BrN3O2S2. The predicted molar refractivity (Wildman–Crippen MR) is 126 cm³/mol. The summed E-state index contributed by atoms with van der Waals surface area (Å²) in [6.45, 7) is 2.13. The molecule has 0 radical (unpaired) electrons. The third-order valence-electron chi connectivity index (χ3n) is 5.71. The number of aromatic nitrogens is 1. The Morgan fingerprint density at radius 1 is 0.938 bits per heavy atom. The van der Waals surface area contributed by atoms with Crippen LogP contribution in [0.15, 0.2) is 70.6 Å². The molecule has 8 heteroatoms. The number of ether oxygens (including phenoxy) is 2. The van der Waals surface area contributed by atoms with E-state index in [9.17, 15) is 0 Å². The average molecular weight is 526 g/mol. The fourth-order valence-electron chi connectivity index (χ4n) is 4.20. The second kappa shape index (κ2) is 8.10. The number of anilines is 1. The summed E-state index contributed by atoms with van der Waals surface area (Å²) in [6.07, 6.45) is -0.0352. The van der Waals surface area contributed by atoms with Crippen molar-refractivity contribution in [2.75, 3.05) is 19.1 Å². The molecule has 4 aromatic rings. The molecule has 5 nitrogen and oxygen atoms in total. The minimum absolute atomic E-state index is 0. The summed E-state index contributed by atoms with van der Waals surface area (Å²) in [6, 6.07) is 21.2. The van der Waals surface area contributed by atoms with E-state index in [1.54, 1.807) is 37.3 Å². The van der Waals surface area contributed by atoms with Crippen molar-refractivity contribution in [3.8, 4) is 11.5 Å². The SMILES string of the molecule is COc1ccc(C2N3C(=Nc4sc5cc(C)ccc5[n+]42)Sc2cc(OC)ccc23)cc1.[Br-]. The Bertz CT molecular complexity index is 1370. The van der Waals surface area contributed by atoms with Gasteiger partial charge in [-0.25, -0.2) is 0 Å². The third kappa shape index (κ3) is 3.20. The van der Waals surface area contributed by atoms with Crippen LogP contribution in [0, 0.1) is 6.92 Å². The van der Waals surface area contributed by atoms with E-state index in [1.165, 1.54) is 21.3 Å². The average Bonchev–Trinajstić information content (AvgIpc) is 3.33. The molecule has 0 spiro atoms. The van der Waals surface area contributed by atoms with Crippen LogP contribution in [-0.4, -0.2) is 19.4 Å². The predicted octanol–water partition coefficient (Wildman–Crippen LogP) is 2.68. The summed E-state index contributed by atoms with van der Waals surface area (Å²) in [5, 5.41) is 2.01. The zero-order valence-corrected chi connectivity index (χ0v) is 20.9. The van der Waals surface area contributed by atoms with Crippen LogP contribution in [0.5, 0.6) is 11.5 Å². The van der Waals surface area contributed by atoms with Gasteiger partial charge in [-0.3, -0.25) is 4.90 Å². The summed E-state index contributed by atoms with van der Waals surface area (Å²) in [5.74, 6) is 1.71. The first-order valence-corrected chi connectivity index (χ1v) is 11.6. The molecule has 6 rings (SSSR count). The van der Waals surface area contributed by atoms with E-state index in [0.29, 0.717) is 0 Å². The van der Waals surface area contributed by atoms with Gasteiger partial charge in [-0.15, -0.1) is 0 Å². The Kier molecular flexibility index (Phi) is 5.39. The minimum atomic E-state index is -0.0352. The largest absolute Gasteiger partial charge is 1.00 e. The van der Waals surface area contributed by atoms with Crippen molar-refractivity contribution in [3.63, 3.8) is 0 Å². The van der Waals surface area contributed by atoms with Gasteiger partial charge in [0.05, 0.1) is 24.6 Å². The van der Waals surface area contributed by atoms with Crippen LogP contribution in [0.25, 0.3) is 10.2 Å². The Labute approximate surface area is 205 Å². The highest BCUT2D eigenvalue weighted by molar-refractivity contribution is 8.14. The van der Waals surface area contributed by atoms with E-state index >= 15 is 0 Å². The number of rotatable bonds is 3. The van der Waals surface area contributed by atoms with Crippen molar-refractivity contribution in [3.05, 3.63) is 71.8 Å². The zero-order valence-electron chi connectivity index (χ0n) is 17.7. The molecule has 1 unspecified atom stereocenters. The molecule has 2 aliphatic heterocycles. The van der Waals surface area contributed by atoms with Crippen molar-refractivity contribution in [2.45, 2.75) is 18.0 Å². The number of benzene rings is 3. The normalized spacial score (nSPS) is 16.0. The summed E-state index contributed by atoms with van der Waals surface area (Å²) < 4.78 is 14.5. The van der Waals surface area contributed by atoms with Crippen molar-refractivity contribution in [1.29, 1.82) is 0 Å². The maximum Gasteiger partial charge on any atom is 0.388 e. The highest BCUT2D eigenvalue weighted by Gasteiger charge is 2.46. The van der Waals surface area contributed by atoms with Gasteiger partial charge in [0.15, 0.2) is 0 Å². The lowest BCUT2D eigenvalue weighted by molar-refractivity contribution is -0.671. The molecule has 0 saturated heterocycles. The van der Waals surface area contributed by atoms with Crippen molar-refractivity contribution in [2.24, 2.45) is 4.99 Å². The lowest BCUT2D eigenvalue weighted by Crippen LogP contribution is -3.00. The number of fused-ring (bicyclic) bond motifs is 6. The number of thioether (sulfide) groups is 1. The van der Waals surface area contributed by atoms with Gasteiger partial charge in [-0.1, -0.05) is 6.07 Å². The molecule has 0 amide bonds. The number of nitrogens with zero attached hydrogens (tertiary/aromatic N) is 3. The molecule has 1 atom stereocenters. The van der Waals surface area contributed by atoms with Gasteiger partial charge in [0, 0.05) is 10.5 Å². The lowest BCUT2D eigenvalue weighted by Gasteiger charge is -2.28. The molecule has 32 heavy (non-hydrogen) atoms. The first kappa shape index (κ1) is 21.3. The molecular weight excluding hydrogens is 506 g/mol. The summed E-state index contributed by atoms with van der Waals surface area (Å²) in [7, 11) is 3.40. The summed E-state index contributed by atoms with van der Waals surface area (Å²) >= 11 is 3.44. The first-order valence-electron chi connectivity index (χ1n) is 9.99. The van der Waals surface area contributed by atoms with Gasteiger partial charge in [0.2, 0.25) is 6.17 Å². The van der Waals surface area contributed by atoms with Gasteiger partial charge < -0.3 is 26.5 Å². The number of amidine groups is 1. The summed E-state index contributed by atoms with van der Waals surface area (Å²) in [4.78, 5) is 8.57. The lowest BCUT2D eigenvalue weighted by atomic mass is 10.1. The van der Waals surface area contributed by atoms with Crippen LogP contribution in [0.4, 0.5) is 10.8 Å². The smallest absolute Gasteiger partial charge is 0.388 e. The van der Waals surface area contributed by atoms with Gasteiger partial charge in [0.1, 0.15) is 17.0 Å². The molecule has 0 fully saturated rings. The Hall–Kier alpha value is -2.55. The summed E-state index contributed by atoms with van der Waals surface area (Å²) in [5.41, 5.74) is 4.79. The van der Waals surface area contributed by atoms with E-state index in [4.69, 9.17) is 14.5 Å². The van der Waals surface area contributed by atoms with Crippen LogP contribution >= 0.6 is 23.1 Å². The fraction of sp³-hybridized carbons (Fsp3) is 0.167. The van der Waals surface area contributed by atoms with Gasteiger partial charge in [-0.2, -0.15) is 4.57 Å². The highest BCUT2D eigenvalue weighted by Crippen LogP contribution is 2.49. The number of aliphatic imine (C=N–C) groups is 1. The maximum absolute atomic E-state index is 5.46. The fourth-order valence-corrected chi connectivity index (χ4v) is 6.47. The maximum atomic E-state index is 5.46. The molecule has 162 valence electrons. The van der Waals surface area contributed by atoms with Crippen LogP contribution in [0.1, 0.15) is 17.3 Å². The Morgan fingerprint density at radius 2 is 1.69 bits per heavy atom. The zero-order chi connectivity index (χ0) is 21.1. The second-order valence-corrected chi connectivity index (χ2v) is 9.59. The van der Waals surface area contributed by atoms with Gasteiger partial charge >= 0.3 is 5.13 Å². The van der Waals surface area contributed by atoms with E-state index in [1.807, 2.05) is 18.2 Å². The number of thiazole rings is 1. The molecule has 1 aromatic heterocycles. The highest BCUT2D eigenvalue weighted by atomic mass is 79.9. The van der Waals surface area contributed by atoms with Crippen LogP contribution in [-0.2, 0) is 0 Å². The van der Waals surface area contributed by atoms with Crippen LogP contribution < -0.4 is 35.9 Å². The quantitative estimate of drug-likeness (QED) is 0.385. The number of aryl methyl sites for hydroxylation is 1. The first-order chi connectivity index (χ1) is 15.2. The molecule has 3 heterocycles.